The van der Waals surface area contributed by atoms with Crippen LogP contribution < -0.4 is 15.4 Å². The Labute approximate surface area is 199 Å². The number of ether oxygens (including phenoxy) is 2. The smallest absolute Gasteiger partial charge is 0.338 e. The maximum Gasteiger partial charge on any atom is 0.338 e. The lowest BCUT2D eigenvalue weighted by molar-refractivity contribution is -0.118. The van der Waals surface area contributed by atoms with Gasteiger partial charge in [0.25, 0.3) is 11.8 Å². The Bertz CT molecular complexity index is 1200. The molecule has 7 heteroatoms. The molecule has 0 fully saturated rings. The van der Waals surface area contributed by atoms with Crippen molar-refractivity contribution in [1.82, 2.24) is 0 Å². The predicted molar refractivity (Wildman–Crippen MR) is 132 cm³/mol. The summed E-state index contributed by atoms with van der Waals surface area (Å²) in [7, 11) is 0. The number of carbonyl (C=O) groups excluding carboxylic acids is 3. The molecule has 176 valence electrons. The average Bonchev–Trinajstić information content (AvgIpc) is 2.82. The molecule has 0 saturated carbocycles. The van der Waals surface area contributed by atoms with Crippen molar-refractivity contribution in [2.45, 2.75) is 27.7 Å². The molecule has 0 aliphatic carbocycles. The molecule has 0 spiro atoms. The van der Waals surface area contributed by atoms with E-state index in [4.69, 9.17) is 9.47 Å². The van der Waals surface area contributed by atoms with Gasteiger partial charge in [-0.3, -0.25) is 9.59 Å². The molecule has 2 amide bonds. The summed E-state index contributed by atoms with van der Waals surface area (Å²) in [6.45, 7) is 7.35. The molecule has 0 unspecified atom stereocenters. The van der Waals surface area contributed by atoms with Gasteiger partial charge >= 0.3 is 5.97 Å². The summed E-state index contributed by atoms with van der Waals surface area (Å²) >= 11 is 0. The van der Waals surface area contributed by atoms with Crippen LogP contribution in [0.25, 0.3) is 0 Å². The van der Waals surface area contributed by atoms with Crippen molar-refractivity contribution in [3.63, 3.8) is 0 Å². The SMILES string of the molecule is CCOC(=O)c1ccc(C)c(NC(=O)COc2ccccc2C(=O)Nc2c(C)cccc2C)c1. The van der Waals surface area contributed by atoms with E-state index in [-0.39, 0.29) is 19.1 Å². The molecule has 0 saturated heterocycles. The summed E-state index contributed by atoms with van der Waals surface area (Å²) < 4.78 is 10.7. The minimum Gasteiger partial charge on any atom is -0.483 e. The third-order valence-electron chi connectivity index (χ3n) is 5.23. The standard InChI is InChI=1S/C27H28N2O5/c1-5-33-27(32)20-14-13-17(2)22(15-20)28-24(30)16-34-23-12-7-6-11-21(23)26(31)29-25-18(3)9-8-10-19(25)4/h6-15H,5,16H2,1-4H3,(H,28,30)(H,29,31). The van der Waals surface area contributed by atoms with Crippen LogP contribution in [0.5, 0.6) is 5.75 Å². The molecule has 7 nitrogen and oxygen atoms in total. The van der Waals surface area contributed by atoms with E-state index < -0.39 is 11.9 Å². The fourth-order valence-corrected chi connectivity index (χ4v) is 3.40. The minimum absolute atomic E-state index is 0.263. The first kappa shape index (κ1) is 24.5. The van der Waals surface area contributed by atoms with Gasteiger partial charge in [0.05, 0.1) is 17.7 Å². The Morgan fingerprint density at radius 2 is 1.53 bits per heavy atom. The quantitative estimate of drug-likeness (QED) is 0.459. The maximum absolute atomic E-state index is 12.9. The van der Waals surface area contributed by atoms with E-state index >= 15 is 0 Å². The number of benzene rings is 3. The molecule has 0 atom stereocenters. The summed E-state index contributed by atoms with van der Waals surface area (Å²) in [6, 6.07) is 17.5. The molecule has 3 aromatic rings. The number of para-hydroxylation sites is 2. The first-order valence-corrected chi connectivity index (χ1v) is 11.0. The Morgan fingerprint density at radius 3 is 2.24 bits per heavy atom. The summed E-state index contributed by atoms with van der Waals surface area (Å²) in [5.41, 5.74) is 4.58. The Hall–Kier alpha value is -4.13. The Morgan fingerprint density at radius 1 is 0.824 bits per heavy atom. The van der Waals surface area contributed by atoms with Crippen molar-refractivity contribution < 1.29 is 23.9 Å². The zero-order valence-corrected chi connectivity index (χ0v) is 19.7. The number of carbonyl (C=O) groups is 3. The molecule has 34 heavy (non-hydrogen) atoms. The van der Waals surface area contributed by atoms with Gasteiger partial charge in [-0.1, -0.05) is 36.4 Å². The van der Waals surface area contributed by atoms with Crippen LogP contribution in [0.1, 0.15) is 44.3 Å². The van der Waals surface area contributed by atoms with Crippen LogP contribution >= 0.6 is 0 Å². The maximum atomic E-state index is 12.9. The second-order valence-electron chi connectivity index (χ2n) is 7.80. The van der Waals surface area contributed by atoms with Crippen molar-refractivity contribution in [1.29, 1.82) is 0 Å². The Balaban J connectivity index is 1.69. The van der Waals surface area contributed by atoms with Gasteiger partial charge in [0.15, 0.2) is 6.61 Å². The van der Waals surface area contributed by atoms with Crippen LogP contribution in [0.3, 0.4) is 0 Å². The van der Waals surface area contributed by atoms with Crippen molar-refractivity contribution >= 4 is 29.2 Å². The molecule has 0 heterocycles. The van der Waals surface area contributed by atoms with Crippen LogP contribution in [0.2, 0.25) is 0 Å². The minimum atomic E-state index is -0.460. The zero-order chi connectivity index (χ0) is 24.7. The van der Waals surface area contributed by atoms with Gasteiger partial charge in [0.2, 0.25) is 0 Å². The van der Waals surface area contributed by atoms with Gasteiger partial charge in [0.1, 0.15) is 5.75 Å². The molecule has 0 radical (unpaired) electrons. The van der Waals surface area contributed by atoms with E-state index in [1.807, 2.05) is 39.0 Å². The lowest BCUT2D eigenvalue weighted by Crippen LogP contribution is -2.22. The molecular weight excluding hydrogens is 432 g/mol. The van der Waals surface area contributed by atoms with Gasteiger partial charge in [-0.25, -0.2) is 4.79 Å². The fraction of sp³-hybridized carbons (Fsp3) is 0.222. The molecule has 0 bridgehead atoms. The second kappa shape index (κ2) is 11.1. The fourth-order valence-electron chi connectivity index (χ4n) is 3.40. The highest BCUT2D eigenvalue weighted by atomic mass is 16.5. The molecule has 2 N–H and O–H groups in total. The van der Waals surface area contributed by atoms with Crippen molar-refractivity contribution in [2.75, 3.05) is 23.8 Å². The van der Waals surface area contributed by atoms with Crippen LogP contribution in [0, 0.1) is 20.8 Å². The first-order valence-electron chi connectivity index (χ1n) is 11.0. The van der Waals surface area contributed by atoms with Crippen molar-refractivity contribution in [2.24, 2.45) is 0 Å². The summed E-state index contributed by atoms with van der Waals surface area (Å²) in [6.07, 6.45) is 0. The van der Waals surface area contributed by atoms with Gasteiger partial charge in [-0.2, -0.15) is 0 Å². The van der Waals surface area contributed by atoms with Crippen LogP contribution in [-0.4, -0.2) is 31.0 Å². The number of nitrogens with one attached hydrogen (secondary N) is 2. The summed E-state index contributed by atoms with van der Waals surface area (Å²) in [4.78, 5) is 37.5. The van der Waals surface area contributed by atoms with Gasteiger partial charge in [-0.15, -0.1) is 0 Å². The number of aryl methyl sites for hydroxylation is 3. The first-order chi connectivity index (χ1) is 16.3. The lowest BCUT2D eigenvalue weighted by atomic mass is 10.1. The van der Waals surface area contributed by atoms with E-state index in [9.17, 15) is 14.4 Å². The molecule has 0 aliphatic rings. The molecule has 3 aromatic carbocycles. The van der Waals surface area contributed by atoms with Crippen LogP contribution in [0.4, 0.5) is 11.4 Å². The normalized spacial score (nSPS) is 10.4. The van der Waals surface area contributed by atoms with E-state index in [0.29, 0.717) is 22.6 Å². The highest BCUT2D eigenvalue weighted by Crippen LogP contribution is 2.24. The van der Waals surface area contributed by atoms with Gasteiger partial charge in [-0.05, 0) is 68.7 Å². The van der Waals surface area contributed by atoms with Gasteiger partial charge in [0, 0.05) is 11.4 Å². The van der Waals surface area contributed by atoms with E-state index in [1.54, 1.807) is 49.4 Å². The number of amides is 2. The largest absolute Gasteiger partial charge is 0.483 e. The molecule has 3 rings (SSSR count). The average molecular weight is 461 g/mol. The molecular formula is C27H28N2O5. The number of hydrogen-bond acceptors (Lipinski definition) is 5. The van der Waals surface area contributed by atoms with Gasteiger partial charge < -0.3 is 20.1 Å². The highest BCUT2D eigenvalue weighted by molar-refractivity contribution is 6.07. The third kappa shape index (κ3) is 6.01. The molecule has 0 aliphatic heterocycles. The van der Waals surface area contributed by atoms with E-state index in [0.717, 1.165) is 22.4 Å². The lowest BCUT2D eigenvalue weighted by Gasteiger charge is -2.15. The van der Waals surface area contributed by atoms with Crippen LogP contribution in [0.15, 0.2) is 60.7 Å². The number of rotatable bonds is 8. The highest BCUT2D eigenvalue weighted by Gasteiger charge is 2.16. The number of anilines is 2. The van der Waals surface area contributed by atoms with Crippen molar-refractivity contribution in [3.8, 4) is 5.75 Å². The second-order valence-corrected chi connectivity index (χ2v) is 7.80. The van der Waals surface area contributed by atoms with Crippen molar-refractivity contribution in [3.05, 3.63) is 88.5 Å². The number of hydrogen-bond donors (Lipinski definition) is 2. The summed E-state index contributed by atoms with van der Waals surface area (Å²) in [5.74, 6) is -0.920. The molecule has 0 aromatic heterocycles. The van der Waals surface area contributed by atoms with E-state index in [2.05, 4.69) is 10.6 Å². The third-order valence-corrected chi connectivity index (χ3v) is 5.23. The Kier molecular flexibility index (Phi) is 8.03. The summed E-state index contributed by atoms with van der Waals surface area (Å²) in [5, 5.41) is 5.68. The van der Waals surface area contributed by atoms with Crippen LogP contribution in [-0.2, 0) is 9.53 Å². The van der Waals surface area contributed by atoms with E-state index in [1.165, 1.54) is 0 Å². The topological polar surface area (TPSA) is 93.7 Å². The number of esters is 1. The zero-order valence-electron chi connectivity index (χ0n) is 19.7. The predicted octanol–water partition coefficient (Wildman–Crippen LogP) is 5.06. The monoisotopic (exact) mass is 460 g/mol.